The first-order valence-electron chi connectivity index (χ1n) is 6.34. The third kappa shape index (κ3) is 2.43. The van der Waals surface area contributed by atoms with E-state index in [0.717, 1.165) is 16.9 Å². The summed E-state index contributed by atoms with van der Waals surface area (Å²) in [4.78, 5) is 12.1. The maximum Gasteiger partial charge on any atom is 0.251 e. The molecule has 0 aliphatic heterocycles. The van der Waals surface area contributed by atoms with Crippen molar-refractivity contribution < 1.29 is 4.79 Å². The van der Waals surface area contributed by atoms with Crippen molar-refractivity contribution in [3.05, 3.63) is 33.3 Å². The highest BCUT2D eigenvalue weighted by Gasteiger charge is 2.53. The Labute approximate surface area is 120 Å². The Bertz CT molecular complexity index is 495. The number of amides is 1. The standard InChI is InChI=1S/C14H15BrClNO/c15-11-7-9(1-4-12(11)16)13(18)17-8-14(5-6-14)10-2-3-10/h1,4,7,10H,2-3,5-6,8H2,(H,17,18). The van der Waals surface area contributed by atoms with Gasteiger partial charge in [-0.3, -0.25) is 4.79 Å². The van der Waals surface area contributed by atoms with Crippen LogP contribution in [-0.2, 0) is 0 Å². The highest BCUT2D eigenvalue weighted by atomic mass is 79.9. The summed E-state index contributed by atoms with van der Waals surface area (Å²) < 4.78 is 0.764. The van der Waals surface area contributed by atoms with Crippen LogP contribution in [0.3, 0.4) is 0 Å². The van der Waals surface area contributed by atoms with Crippen molar-refractivity contribution in [3.8, 4) is 0 Å². The van der Waals surface area contributed by atoms with Crippen LogP contribution in [0, 0.1) is 11.3 Å². The van der Waals surface area contributed by atoms with Gasteiger partial charge in [0.05, 0.1) is 5.02 Å². The smallest absolute Gasteiger partial charge is 0.251 e. The lowest BCUT2D eigenvalue weighted by atomic mass is 10.0. The summed E-state index contributed by atoms with van der Waals surface area (Å²) in [6, 6.07) is 5.28. The van der Waals surface area contributed by atoms with E-state index in [9.17, 15) is 4.79 Å². The average molecular weight is 329 g/mol. The molecule has 18 heavy (non-hydrogen) atoms. The van der Waals surface area contributed by atoms with Crippen LogP contribution in [0.4, 0.5) is 0 Å². The molecule has 0 atom stereocenters. The minimum absolute atomic E-state index is 0.000656. The van der Waals surface area contributed by atoms with Crippen LogP contribution in [0.25, 0.3) is 0 Å². The summed E-state index contributed by atoms with van der Waals surface area (Å²) in [7, 11) is 0. The molecule has 2 saturated carbocycles. The first-order valence-corrected chi connectivity index (χ1v) is 7.51. The molecule has 0 bridgehead atoms. The second-order valence-corrected chi connectivity index (χ2v) is 6.71. The highest BCUT2D eigenvalue weighted by Crippen LogP contribution is 2.60. The Morgan fingerprint density at radius 3 is 2.72 bits per heavy atom. The highest BCUT2D eigenvalue weighted by molar-refractivity contribution is 9.10. The molecule has 0 unspecified atom stereocenters. The molecule has 0 radical (unpaired) electrons. The molecule has 2 nitrogen and oxygen atoms in total. The molecule has 1 aromatic carbocycles. The van der Waals surface area contributed by atoms with Crippen LogP contribution in [0.1, 0.15) is 36.0 Å². The Kier molecular flexibility index (Phi) is 3.15. The molecule has 2 aliphatic carbocycles. The van der Waals surface area contributed by atoms with E-state index in [0.29, 0.717) is 16.0 Å². The number of hydrogen-bond acceptors (Lipinski definition) is 1. The molecule has 0 aromatic heterocycles. The molecule has 96 valence electrons. The second kappa shape index (κ2) is 4.53. The van der Waals surface area contributed by atoms with Gasteiger partial charge < -0.3 is 5.32 Å². The van der Waals surface area contributed by atoms with E-state index >= 15 is 0 Å². The first-order chi connectivity index (χ1) is 8.61. The van der Waals surface area contributed by atoms with Crippen molar-refractivity contribution in [2.24, 2.45) is 11.3 Å². The molecule has 3 rings (SSSR count). The number of benzene rings is 1. The second-order valence-electron chi connectivity index (χ2n) is 5.45. The van der Waals surface area contributed by atoms with Crippen LogP contribution >= 0.6 is 27.5 Å². The van der Waals surface area contributed by atoms with Gasteiger partial charge in [-0.05, 0) is 71.1 Å². The zero-order valence-electron chi connectivity index (χ0n) is 10.0. The van der Waals surface area contributed by atoms with E-state index < -0.39 is 0 Å². The van der Waals surface area contributed by atoms with Crippen molar-refractivity contribution in [1.29, 1.82) is 0 Å². The van der Waals surface area contributed by atoms with E-state index in [1.54, 1.807) is 18.2 Å². The van der Waals surface area contributed by atoms with Gasteiger partial charge in [-0.15, -0.1) is 0 Å². The number of hydrogen-bond donors (Lipinski definition) is 1. The summed E-state index contributed by atoms with van der Waals surface area (Å²) in [6.07, 6.45) is 5.26. The lowest BCUT2D eigenvalue weighted by Crippen LogP contribution is -2.31. The Balaban J connectivity index is 1.62. The third-order valence-electron chi connectivity index (χ3n) is 4.12. The number of carbonyl (C=O) groups is 1. The van der Waals surface area contributed by atoms with Crippen LogP contribution in [0.15, 0.2) is 22.7 Å². The summed E-state index contributed by atoms with van der Waals surface area (Å²) in [6.45, 7) is 0.830. The van der Waals surface area contributed by atoms with Gasteiger partial charge in [0.2, 0.25) is 0 Å². The fourth-order valence-electron chi connectivity index (χ4n) is 2.58. The van der Waals surface area contributed by atoms with E-state index in [-0.39, 0.29) is 5.91 Å². The van der Waals surface area contributed by atoms with Gasteiger partial charge >= 0.3 is 0 Å². The lowest BCUT2D eigenvalue weighted by Gasteiger charge is -2.15. The summed E-state index contributed by atoms with van der Waals surface area (Å²) in [5, 5.41) is 3.69. The number of halogens is 2. The van der Waals surface area contributed by atoms with Crippen molar-refractivity contribution in [3.63, 3.8) is 0 Å². The van der Waals surface area contributed by atoms with E-state index in [2.05, 4.69) is 21.2 Å². The molecule has 1 aromatic rings. The van der Waals surface area contributed by atoms with Crippen LogP contribution in [0.5, 0.6) is 0 Å². The predicted molar refractivity (Wildman–Crippen MR) is 75.9 cm³/mol. The minimum atomic E-state index is -0.000656. The molecular formula is C14H15BrClNO. The Morgan fingerprint density at radius 1 is 1.44 bits per heavy atom. The van der Waals surface area contributed by atoms with Gasteiger partial charge in [-0.2, -0.15) is 0 Å². The largest absolute Gasteiger partial charge is 0.351 e. The first kappa shape index (κ1) is 12.5. The molecule has 2 fully saturated rings. The van der Waals surface area contributed by atoms with Crippen molar-refractivity contribution in [1.82, 2.24) is 5.32 Å². The van der Waals surface area contributed by atoms with Crippen LogP contribution in [-0.4, -0.2) is 12.5 Å². The number of carbonyl (C=O) groups excluding carboxylic acids is 1. The maximum absolute atomic E-state index is 12.1. The normalized spacial score (nSPS) is 20.6. The van der Waals surface area contributed by atoms with Gasteiger partial charge in [0.15, 0.2) is 0 Å². The molecule has 0 spiro atoms. The van der Waals surface area contributed by atoms with Crippen molar-refractivity contribution >= 4 is 33.4 Å². The van der Waals surface area contributed by atoms with Crippen LogP contribution < -0.4 is 5.32 Å². The lowest BCUT2D eigenvalue weighted by molar-refractivity contribution is 0.0942. The van der Waals surface area contributed by atoms with E-state index in [4.69, 9.17) is 11.6 Å². The number of nitrogens with one attached hydrogen (secondary N) is 1. The monoisotopic (exact) mass is 327 g/mol. The topological polar surface area (TPSA) is 29.1 Å². The predicted octanol–water partition coefficient (Wildman–Crippen LogP) is 4.02. The van der Waals surface area contributed by atoms with Gasteiger partial charge in [0.25, 0.3) is 5.91 Å². The molecule has 1 amide bonds. The van der Waals surface area contributed by atoms with Gasteiger partial charge in [-0.1, -0.05) is 11.6 Å². The summed E-state index contributed by atoms with van der Waals surface area (Å²) in [5.41, 5.74) is 1.11. The Hall–Kier alpha value is -0.540. The van der Waals surface area contributed by atoms with Crippen molar-refractivity contribution in [2.75, 3.05) is 6.54 Å². The zero-order valence-corrected chi connectivity index (χ0v) is 12.4. The van der Waals surface area contributed by atoms with Crippen LogP contribution in [0.2, 0.25) is 5.02 Å². The SMILES string of the molecule is O=C(NCC1(C2CC2)CC1)c1ccc(Cl)c(Br)c1. The Morgan fingerprint density at radius 2 is 2.17 bits per heavy atom. The molecule has 4 heteroatoms. The maximum atomic E-state index is 12.1. The van der Waals surface area contributed by atoms with Gasteiger partial charge in [0, 0.05) is 16.6 Å². The quantitative estimate of drug-likeness (QED) is 0.888. The molecule has 0 saturated heterocycles. The average Bonchev–Trinajstić information content (AvgIpc) is 3.22. The van der Waals surface area contributed by atoms with E-state index in [1.165, 1.54) is 25.7 Å². The minimum Gasteiger partial charge on any atom is -0.351 e. The molecular weight excluding hydrogens is 314 g/mol. The zero-order chi connectivity index (χ0) is 12.8. The third-order valence-corrected chi connectivity index (χ3v) is 5.33. The summed E-state index contributed by atoms with van der Waals surface area (Å²) >= 11 is 9.25. The van der Waals surface area contributed by atoms with Crippen molar-refractivity contribution in [2.45, 2.75) is 25.7 Å². The fraction of sp³-hybridized carbons (Fsp3) is 0.500. The molecule has 2 aliphatic rings. The van der Waals surface area contributed by atoms with Gasteiger partial charge in [-0.25, -0.2) is 0 Å². The molecule has 0 heterocycles. The molecule has 1 N–H and O–H groups in total. The van der Waals surface area contributed by atoms with Gasteiger partial charge in [0.1, 0.15) is 0 Å². The van der Waals surface area contributed by atoms with E-state index in [1.807, 2.05) is 0 Å². The fourth-order valence-corrected chi connectivity index (χ4v) is 3.08. The number of rotatable bonds is 4. The summed E-state index contributed by atoms with van der Waals surface area (Å²) in [5.74, 6) is 0.869.